The number of ether oxygens (including phenoxy) is 2. The molecule has 3 rings (SSSR count). The van der Waals surface area contributed by atoms with E-state index in [1.165, 1.54) is 17.5 Å². The van der Waals surface area contributed by atoms with E-state index in [0.29, 0.717) is 30.2 Å². The van der Waals surface area contributed by atoms with Gasteiger partial charge in [0.2, 0.25) is 21.8 Å². The van der Waals surface area contributed by atoms with Crippen molar-refractivity contribution in [3.63, 3.8) is 0 Å². The molecule has 0 fully saturated rings. The molecule has 232 valence electrons. The van der Waals surface area contributed by atoms with Gasteiger partial charge in [-0.3, -0.25) is 13.9 Å². The van der Waals surface area contributed by atoms with E-state index in [1.807, 2.05) is 61.5 Å². The lowest BCUT2D eigenvalue weighted by Gasteiger charge is -2.32. The number of amides is 2. The second kappa shape index (κ2) is 16.2. The normalized spacial score (nSPS) is 11.8. The van der Waals surface area contributed by atoms with E-state index in [2.05, 4.69) is 5.32 Å². The van der Waals surface area contributed by atoms with Gasteiger partial charge in [0, 0.05) is 32.5 Å². The first-order valence-corrected chi connectivity index (χ1v) is 16.3. The van der Waals surface area contributed by atoms with E-state index >= 15 is 0 Å². The van der Waals surface area contributed by atoms with Gasteiger partial charge in [-0.25, -0.2) is 8.42 Å². The average Bonchev–Trinajstić information content (AvgIpc) is 2.99. The molecule has 2 amide bonds. The van der Waals surface area contributed by atoms with Crippen molar-refractivity contribution < 1.29 is 27.5 Å². The van der Waals surface area contributed by atoms with Crippen LogP contribution in [0.3, 0.4) is 0 Å². The molecule has 43 heavy (non-hydrogen) atoms. The monoisotopic (exact) mass is 629 g/mol. The van der Waals surface area contributed by atoms with E-state index in [9.17, 15) is 18.0 Å². The maximum Gasteiger partial charge on any atom is 0.243 e. The van der Waals surface area contributed by atoms with Crippen molar-refractivity contribution in [2.45, 2.75) is 45.2 Å². The van der Waals surface area contributed by atoms with Crippen LogP contribution in [0.2, 0.25) is 5.02 Å². The van der Waals surface area contributed by atoms with Crippen LogP contribution in [0.4, 0.5) is 5.69 Å². The predicted molar refractivity (Wildman–Crippen MR) is 170 cm³/mol. The Hall–Kier alpha value is -3.76. The minimum absolute atomic E-state index is 0.0201. The molecule has 0 heterocycles. The summed E-state index contributed by atoms with van der Waals surface area (Å²) in [6.45, 7) is 2.68. The fourth-order valence-corrected chi connectivity index (χ4v) is 5.91. The zero-order valence-corrected chi connectivity index (χ0v) is 26.7. The summed E-state index contributed by atoms with van der Waals surface area (Å²) < 4.78 is 37.2. The van der Waals surface area contributed by atoms with Crippen LogP contribution < -0.4 is 19.1 Å². The van der Waals surface area contributed by atoms with Gasteiger partial charge in [-0.05, 0) is 54.3 Å². The number of halogens is 1. The Morgan fingerprint density at radius 3 is 2.30 bits per heavy atom. The average molecular weight is 630 g/mol. The van der Waals surface area contributed by atoms with Crippen LogP contribution in [0.15, 0.2) is 72.8 Å². The lowest BCUT2D eigenvalue weighted by Crippen LogP contribution is -2.50. The van der Waals surface area contributed by atoms with Crippen molar-refractivity contribution in [3.05, 3.63) is 88.9 Å². The van der Waals surface area contributed by atoms with Crippen molar-refractivity contribution in [1.29, 1.82) is 0 Å². The summed E-state index contributed by atoms with van der Waals surface area (Å²) in [4.78, 5) is 29.0. The second-order valence-corrected chi connectivity index (χ2v) is 12.4. The van der Waals surface area contributed by atoms with Gasteiger partial charge in [0.15, 0.2) is 0 Å². The molecule has 1 atom stereocenters. The molecule has 0 aliphatic heterocycles. The first-order chi connectivity index (χ1) is 20.6. The molecule has 0 radical (unpaired) electrons. The highest BCUT2D eigenvalue weighted by atomic mass is 35.5. The van der Waals surface area contributed by atoms with Crippen LogP contribution in [0.5, 0.6) is 11.5 Å². The molecule has 0 spiro atoms. The number of hydrogen-bond donors (Lipinski definition) is 1. The van der Waals surface area contributed by atoms with Gasteiger partial charge in [-0.2, -0.15) is 0 Å². The molecule has 0 aliphatic carbocycles. The molecule has 0 aromatic heterocycles. The second-order valence-electron chi connectivity index (χ2n) is 10.1. The molecule has 0 aliphatic rings. The quantitative estimate of drug-likeness (QED) is 0.237. The molecule has 9 nitrogen and oxygen atoms in total. The number of benzene rings is 3. The Morgan fingerprint density at radius 1 is 0.953 bits per heavy atom. The van der Waals surface area contributed by atoms with E-state index in [-0.39, 0.29) is 42.8 Å². The SMILES string of the molecule is CCCNC(=O)C(Cc1ccccc1)N(Cc1cccc(OC)c1)C(=O)CCCN(c1ccc(OC)c(Cl)c1)S(C)(=O)=O. The Kier molecular flexibility index (Phi) is 12.7. The molecule has 3 aromatic rings. The fourth-order valence-electron chi connectivity index (χ4n) is 4.70. The third-order valence-corrected chi connectivity index (χ3v) is 8.37. The molecular weight excluding hydrogens is 590 g/mol. The number of methoxy groups -OCH3 is 2. The highest BCUT2D eigenvalue weighted by molar-refractivity contribution is 7.92. The van der Waals surface area contributed by atoms with Gasteiger partial charge in [0.25, 0.3) is 0 Å². The summed E-state index contributed by atoms with van der Waals surface area (Å²) in [5, 5.41) is 3.23. The third kappa shape index (κ3) is 9.90. The van der Waals surface area contributed by atoms with Crippen LogP contribution in [0, 0.1) is 0 Å². The number of carbonyl (C=O) groups is 2. The Morgan fingerprint density at radius 2 is 1.67 bits per heavy atom. The third-order valence-electron chi connectivity index (χ3n) is 6.88. The number of sulfonamides is 1. The van der Waals surface area contributed by atoms with Crippen molar-refractivity contribution >= 4 is 39.1 Å². The van der Waals surface area contributed by atoms with Gasteiger partial charge < -0.3 is 19.7 Å². The fraction of sp³-hybridized carbons (Fsp3) is 0.375. The summed E-state index contributed by atoms with van der Waals surface area (Å²) in [5.41, 5.74) is 2.09. The maximum absolute atomic E-state index is 13.9. The van der Waals surface area contributed by atoms with Crippen LogP contribution in [0.1, 0.15) is 37.3 Å². The summed E-state index contributed by atoms with van der Waals surface area (Å²) >= 11 is 6.26. The van der Waals surface area contributed by atoms with Crippen LogP contribution >= 0.6 is 11.6 Å². The van der Waals surface area contributed by atoms with Gasteiger partial charge in [0.1, 0.15) is 17.5 Å². The Bertz CT molecular complexity index is 1470. The number of carbonyl (C=O) groups excluding carboxylic acids is 2. The number of nitrogens with zero attached hydrogens (tertiary/aromatic N) is 2. The first kappa shape index (κ1) is 33.7. The van der Waals surface area contributed by atoms with E-state index in [0.717, 1.165) is 23.8 Å². The van der Waals surface area contributed by atoms with Gasteiger partial charge in [-0.15, -0.1) is 0 Å². The summed E-state index contributed by atoms with van der Waals surface area (Å²) in [5.74, 6) is 0.555. The van der Waals surface area contributed by atoms with Crippen molar-refractivity contribution in [3.8, 4) is 11.5 Å². The highest BCUT2D eigenvalue weighted by Crippen LogP contribution is 2.30. The molecule has 0 saturated carbocycles. The summed E-state index contributed by atoms with van der Waals surface area (Å²) in [6, 6.07) is 20.9. The van der Waals surface area contributed by atoms with E-state index in [1.54, 1.807) is 24.1 Å². The maximum atomic E-state index is 13.9. The molecule has 1 unspecified atom stereocenters. The standard InChI is InChI=1S/C32H40ClN3O6S/c1-5-18-34-32(38)29(21-24-11-7-6-8-12-24)35(23-25-13-9-14-27(20-25)41-2)31(37)15-10-19-36(43(4,39)40)26-16-17-30(42-3)28(33)22-26/h6-9,11-14,16-17,20,22,29H,5,10,15,18-19,21,23H2,1-4H3,(H,34,38). The molecule has 1 N–H and O–H groups in total. The molecule has 0 saturated heterocycles. The predicted octanol–water partition coefficient (Wildman–Crippen LogP) is 5.07. The van der Waals surface area contributed by atoms with Crippen LogP contribution in [-0.2, 0) is 32.6 Å². The molecule has 3 aromatic carbocycles. The number of hydrogen-bond acceptors (Lipinski definition) is 6. The minimum Gasteiger partial charge on any atom is -0.497 e. The minimum atomic E-state index is -3.68. The van der Waals surface area contributed by atoms with Gasteiger partial charge in [-0.1, -0.05) is 61.0 Å². The molecule has 11 heteroatoms. The topological polar surface area (TPSA) is 105 Å². The molecular formula is C32H40ClN3O6S. The lowest BCUT2D eigenvalue weighted by molar-refractivity contribution is -0.141. The number of nitrogens with one attached hydrogen (secondary N) is 1. The molecule has 0 bridgehead atoms. The van der Waals surface area contributed by atoms with Crippen LogP contribution in [0.25, 0.3) is 0 Å². The highest BCUT2D eigenvalue weighted by Gasteiger charge is 2.30. The zero-order chi connectivity index (χ0) is 31.4. The van der Waals surface area contributed by atoms with Crippen molar-refractivity contribution in [2.75, 3.05) is 37.9 Å². The van der Waals surface area contributed by atoms with Gasteiger partial charge >= 0.3 is 0 Å². The Labute approximate surface area is 259 Å². The van der Waals surface area contributed by atoms with E-state index in [4.69, 9.17) is 21.1 Å². The summed E-state index contributed by atoms with van der Waals surface area (Å²) in [7, 11) is -0.629. The van der Waals surface area contributed by atoms with E-state index < -0.39 is 16.1 Å². The number of rotatable bonds is 16. The smallest absolute Gasteiger partial charge is 0.243 e. The zero-order valence-electron chi connectivity index (χ0n) is 25.1. The number of anilines is 1. The largest absolute Gasteiger partial charge is 0.497 e. The Balaban J connectivity index is 1.89. The first-order valence-electron chi connectivity index (χ1n) is 14.1. The van der Waals surface area contributed by atoms with Gasteiger partial charge in [0.05, 0.1) is 31.2 Å². The van der Waals surface area contributed by atoms with Crippen LogP contribution in [-0.4, -0.2) is 64.7 Å². The summed E-state index contributed by atoms with van der Waals surface area (Å²) in [6.07, 6.45) is 2.43. The van der Waals surface area contributed by atoms with Crippen molar-refractivity contribution in [1.82, 2.24) is 10.2 Å². The van der Waals surface area contributed by atoms with Crippen molar-refractivity contribution in [2.24, 2.45) is 0 Å². The lowest BCUT2D eigenvalue weighted by atomic mass is 10.0.